The Balaban J connectivity index is 1.86. The van der Waals surface area contributed by atoms with Crippen LogP contribution in [0.15, 0.2) is 30.0 Å². The zero-order chi connectivity index (χ0) is 17.4. The number of nitriles is 1. The fourth-order valence-corrected chi connectivity index (χ4v) is 2.61. The summed E-state index contributed by atoms with van der Waals surface area (Å²) in [4.78, 5) is 14.3. The van der Waals surface area contributed by atoms with E-state index in [9.17, 15) is 4.79 Å². The van der Waals surface area contributed by atoms with Crippen LogP contribution >= 0.6 is 23.2 Å². The number of benzene rings is 1. The van der Waals surface area contributed by atoms with Crippen molar-refractivity contribution < 1.29 is 4.79 Å². The van der Waals surface area contributed by atoms with Crippen molar-refractivity contribution in [3.63, 3.8) is 0 Å². The lowest BCUT2D eigenvalue weighted by Crippen LogP contribution is -2.46. The summed E-state index contributed by atoms with van der Waals surface area (Å²) in [6.45, 7) is 5.11. The van der Waals surface area contributed by atoms with E-state index in [1.165, 1.54) is 6.20 Å². The van der Waals surface area contributed by atoms with Crippen molar-refractivity contribution in [1.82, 2.24) is 15.5 Å². The molecule has 1 aliphatic heterocycles. The maximum atomic E-state index is 12.1. The van der Waals surface area contributed by atoms with Crippen molar-refractivity contribution in [3.05, 3.63) is 40.0 Å². The van der Waals surface area contributed by atoms with Crippen molar-refractivity contribution in [2.45, 2.75) is 0 Å². The normalized spacial score (nSPS) is 15.6. The predicted octanol–water partition coefficient (Wildman–Crippen LogP) is 1.83. The Bertz CT molecular complexity index is 650. The number of carbonyl (C=O) groups excluding carboxylic acids is 1. The number of hydrogen-bond acceptors (Lipinski definition) is 5. The minimum absolute atomic E-state index is 0.0219. The Kier molecular flexibility index (Phi) is 7.35. The van der Waals surface area contributed by atoms with Gasteiger partial charge in [-0.3, -0.25) is 9.69 Å². The van der Waals surface area contributed by atoms with Crippen LogP contribution in [0.5, 0.6) is 0 Å². The van der Waals surface area contributed by atoms with Gasteiger partial charge in [-0.15, -0.1) is 0 Å². The average Bonchev–Trinajstić information content (AvgIpc) is 2.59. The number of anilines is 1. The van der Waals surface area contributed by atoms with Gasteiger partial charge in [-0.05, 0) is 18.2 Å². The van der Waals surface area contributed by atoms with Crippen LogP contribution < -0.4 is 16.0 Å². The van der Waals surface area contributed by atoms with E-state index in [0.29, 0.717) is 22.3 Å². The zero-order valence-electron chi connectivity index (χ0n) is 13.1. The molecule has 6 nitrogen and oxygen atoms in total. The molecule has 0 saturated carbocycles. The molecule has 1 heterocycles. The summed E-state index contributed by atoms with van der Waals surface area (Å²) >= 11 is 11.9. The van der Waals surface area contributed by atoms with Gasteiger partial charge in [0.15, 0.2) is 0 Å². The predicted molar refractivity (Wildman–Crippen MR) is 96.1 cm³/mol. The molecule has 0 bridgehead atoms. The summed E-state index contributed by atoms with van der Waals surface area (Å²) < 4.78 is 0. The highest BCUT2D eigenvalue weighted by molar-refractivity contribution is 6.35. The minimum atomic E-state index is -0.418. The van der Waals surface area contributed by atoms with E-state index in [0.717, 1.165) is 32.7 Å². The second kappa shape index (κ2) is 9.50. The van der Waals surface area contributed by atoms with Crippen molar-refractivity contribution in [2.75, 3.05) is 44.6 Å². The van der Waals surface area contributed by atoms with Crippen LogP contribution in [0.3, 0.4) is 0 Å². The third kappa shape index (κ3) is 5.69. The number of piperazine rings is 1. The molecule has 0 unspecified atom stereocenters. The van der Waals surface area contributed by atoms with Crippen molar-refractivity contribution in [2.24, 2.45) is 0 Å². The van der Waals surface area contributed by atoms with Crippen LogP contribution in [-0.2, 0) is 4.79 Å². The molecule has 0 aliphatic carbocycles. The van der Waals surface area contributed by atoms with E-state index >= 15 is 0 Å². The lowest BCUT2D eigenvalue weighted by Gasteiger charge is -2.27. The maximum Gasteiger partial charge on any atom is 0.263 e. The van der Waals surface area contributed by atoms with Gasteiger partial charge in [0.1, 0.15) is 11.6 Å². The number of rotatable bonds is 6. The fourth-order valence-electron chi connectivity index (χ4n) is 2.26. The number of hydrogen-bond donors (Lipinski definition) is 3. The van der Waals surface area contributed by atoms with Crippen molar-refractivity contribution >= 4 is 34.8 Å². The first-order chi connectivity index (χ1) is 11.6. The standard InChI is InChI=1S/C16H19Cl2N5O/c17-13-1-2-14(18)15(9-13)22-11-12(10-19)16(24)21-5-8-23-6-3-20-4-7-23/h1-2,9,11,20,22H,3-8H2,(H,21,24)/b12-11-. The largest absolute Gasteiger partial charge is 0.359 e. The van der Waals surface area contributed by atoms with Gasteiger partial charge in [0.25, 0.3) is 5.91 Å². The Morgan fingerprint density at radius 3 is 2.83 bits per heavy atom. The van der Waals surface area contributed by atoms with E-state index in [-0.39, 0.29) is 5.57 Å². The van der Waals surface area contributed by atoms with Crippen LogP contribution in [0.2, 0.25) is 10.0 Å². The molecule has 1 aromatic carbocycles. The number of nitrogens with zero attached hydrogens (tertiary/aromatic N) is 2. The van der Waals surface area contributed by atoms with Gasteiger partial charge in [-0.1, -0.05) is 23.2 Å². The average molecular weight is 368 g/mol. The molecule has 128 valence electrons. The number of carbonyl (C=O) groups is 1. The van der Waals surface area contributed by atoms with Gasteiger partial charge in [0.05, 0.1) is 10.7 Å². The lowest BCUT2D eigenvalue weighted by atomic mass is 10.2. The Hall–Kier alpha value is -1.78. The number of nitrogens with one attached hydrogen (secondary N) is 3. The van der Waals surface area contributed by atoms with Crippen LogP contribution in [0.1, 0.15) is 0 Å². The van der Waals surface area contributed by atoms with Gasteiger partial charge in [0, 0.05) is 50.5 Å². The van der Waals surface area contributed by atoms with Crippen molar-refractivity contribution in [3.8, 4) is 6.07 Å². The zero-order valence-corrected chi connectivity index (χ0v) is 14.6. The number of halogens is 2. The highest BCUT2D eigenvalue weighted by Gasteiger charge is 2.12. The van der Waals surface area contributed by atoms with E-state index < -0.39 is 5.91 Å². The van der Waals surface area contributed by atoms with Gasteiger partial charge >= 0.3 is 0 Å². The molecule has 1 aliphatic rings. The van der Waals surface area contributed by atoms with E-state index in [1.54, 1.807) is 18.2 Å². The first-order valence-electron chi connectivity index (χ1n) is 7.63. The molecule has 0 aromatic heterocycles. The van der Waals surface area contributed by atoms with Crippen molar-refractivity contribution in [1.29, 1.82) is 5.26 Å². The van der Waals surface area contributed by atoms with Crippen LogP contribution in [0.4, 0.5) is 5.69 Å². The van der Waals surface area contributed by atoms with E-state index in [2.05, 4.69) is 20.9 Å². The summed E-state index contributed by atoms with van der Waals surface area (Å²) in [7, 11) is 0. The smallest absolute Gasteiger partial charge is 0.263 e. The Labute approximate surface area is 151 Å². The monoisotopic (exact) mass is 367 g/mol. The molecule has 0 atom stereocenters. The molecule has 1 amide bonds. The van der Waals surface area contributed by atoms with Gasteiger partial charge in [-0.25, -0.2) is 0 Å². The fraction of sp³-hybridized carbons (Fsp3) is 0.375. The molecule has 1 aromatic rings. The molecule has 3 N–H and O–H groups in total. The summed E-state index contributed by atoms with van der Waals surface area (Å²) in [5, 5.41) is 19.0. The summed E-state index contributed by atoms with van der Waals surface area (Å²) in [6, 6.07) is 6.80. The molecule has 0 spiro atoms. The SMILES string of the molecule is N#C/C(=C/Nc1cc(Cl)ccc1Cl)C(=O)NCCN1CCNCC1. The molecular weight excluding hydrogens is 349 g/mol. The van der Waals surface area contributed by atoms with Gasteiger partial charge in [0.2, 0.25) is 0 Å². The topological polar surface area (TPSA) is 80.2 Å². The maximum absolute atomic E-state index is 12.1. The van der Waals surface area contributed by atoms with Crippen LogP contribution in [0.25, 0.3) is 0 Å². The molecule has 2 rings (SSSR count). The Morgan fingerprint density at radius 1 is 1.38 bits per heavy atom. The summed E-state index contributed by atoms with van der Waals surface area (Å²) in [6.07, 6.45) is 1.33. The van der Waals surface area contributed by atoms with Gasteiger partial charge < -0.3 is 16.0 Å². The van der Waals surface area contributed by atoms with Crippen LogP contribution in [0, 0.1) is 11.3 Å². The Morgan fingerprint density at radius 2 is 2.12 bits per heavy atom. The van der Waals surface area contributed by atoms with Crippen LogP contribution in [-0.4, -0.2) is 50.1 Å². The summed E-state index contributed by atoms with van der Waals surface area (Å²) in [5.74, 6) is -0.418. The molecule has 1 fully saturated rings. The lowest BCUT2D eigenvalue weighted by molar-refractivity contribution is -0.117. The molecule has 24 heavy (non-hydrogen) atoms. The molecule has 0 radical (unpaired) electrons. The highest BCUT2D eigenvalue weighted by Crippen LogP contribution is 2.25. The first kappa shape index (κ1) is 18.6. The molecule has 8 heteroatoms. The second-order valence-electron chi connectivity index (χ2n) is 5.29. The molecular formula is C16H19Cl2N5O. The third-order valence-corrected chi connectivity index (χ3v) is 4.15. The summed E-state index contributed by atoms with van der Waals surface area (Å²) in [5.41, 5.74) is 0.511. The number of amides is 1. The first-order valence-corrected chi connectivity index (χ1v) is 8.39. The quantitative estimate of drug-likeness (QED) is 0.527. The van der Waals surface area contributed by atoms with E-state index in [4.69, 9.17) is 28.5 Å². The highest BCUT2D eigenvalue weighted by atomic mass is 35.5. The molecule has 1 saturated heterocycles. The second-order valence-corrected chi connectivity index (χ2v) is 6.13. The van der Waals surface area contributed by atoms with Gasteiger partial charge in [-0.2, -0.15) is 5.26 Å². The minimum Gasteiger partial charge on any atom is -0.359 e. The third-order valence-electron chi connectivity index (χ3n) is 3.59. The van der Waals surface area contributed by atoms with E-state index in [1.807, 2.05) is 6.07 Å².